The van der Waals surface area contributed by atoms with Crippen LogP contribution in [-0.4, -0.2) is 33.8 Å². The van der Waals surface area contributed by atoms with Gasteiger partial charge in [-0.3, -0.25) is 19.2 Å². The summed E-state index contributed by atoms with van der Waals surface area (Å²) in [5, 5.41) is 19.9. The van der Waals surface area contributed by atoms with Crippen LogP contribution in [0.15, 0.2) is 133 Å². The van der Waals surface area contributed by atoms with E-state index in [4.69, 9.17) is 0 Å². The minimum absolute atomic E-state index is 0.0917. The molecule has 49 heavy (non-hydrogen) atoms. The normalized spacial score (nSPS) is 15.3. The van der Waals surface area contributed by atoms with Crippen LogP contribution in [0.1, 0.15) is 63.7 Å². The van der Waals surface area contributed by atoms with Crippen molar-refractivity contribution in [1.29, 1.82) is 0 Å². The van der Waals surface area contributed by atoms with Crippen LogP contribution in [0.3, 0.4) is 0 Å². The average molecular weight is 641 g/mol. The molecule has 6 aromatic rings. The van der Waals surface area contributed by atoms with Gasteiger partial charge < -0.3 is 10.2 Å². The highest BCUT2D eigenvalue weighted by molar-refractivity contribution is 6.35. The quantitative estimate of drug-likeness (QED) is 0.199. The molecule has 8 heteroatoms. The van der Waals surface area contributed by atoms with Gasteiger partial charge in [-0.2, -0.15) is 0 Å². The summed E-state index contributed by atoms with van der Waals surface area (Å²) in [7, 11) is 0. The molecule has 0 aromatic heterocycles. The highest BCUT2D eigenvalue weighted by Gasteiger charge is 2.47. The third-order valence-corrected chi connectivity index (χ3v) is 9.81. The van der Waals surface area contributed by atoms with Crippen LogP contribution in [0.5, 0.6) is 11.5 Å². The number of rotatable bonds is 4. The van der Waals surface area contributed by atoms with E-state index < -0.39 is 29.0 Å². The highest BCUT2D eigenvalue weighted by Crippen LogP contribution is 2.56. The number of nitrogens with zero attached hydrogens (tertiary/aromatic N) is 2. The fourth-order valence-electron chi connectivity index (χ4n) is 7.67. The van der Waals surface area contributed by atoms with Gasteiger partial charge in [0.05, 0.1) is 39.0 Å². The fraction of sp³-hybridized carbons (Fsp3) is 0.0244. The molecule has 0 atom stereocenters. The molecule has 4 amide bonds. The summed E-state index contributed by atoms with van der Waals surface area (Å²) in [4.78, 5) is 55.5. The maximum atomic E-state index is 13.3. The molecule has 0 spiro atoms. The van der Waals surface area contributed by atoms with Crippen LogP contribution in [0.25, 0.3) is 11.1 Å². The SMILES string of the molecule is O=C1c2ccc(O)cc2C(=O)N1c1ccc(C2(c3ccc(N4C(=O)c5ccc(O)cc5C4=O)cc3)c3ccccc3-c3ccccc32)cc1. The molecule has 0 bridgehead atoms. The van der Waals surface area contributed by atoms with Crippen molar-refractivity contribution >= 4 is 35.0 Å². The summed E-state index contributed by atoms with van der Waals surface area (Å²) in [6.45, 7) is 0. The lowest BCUT2D eigenvalue weighted by molar-refractivity contribution is 0.0910. The van der Waals surface area contributed by atoms with Crippen LogP contribution in [0, 0.1) is 0 Å². The molecular formula is C41H24N2O6. The summed E-state index contributed by atoms with van der Waals surface area (Å²) in [6.07, 6.45) is 0. The average Bonchev–Trinajstić information content (AvgIpc) is 3.66. The Kier molecular flexibility index (Phi) is 5.86. The summed E-state index contributed by atoms with van der Waals surface area (Å²) in [5.41, 5.74) is 6.69. The molecule has 8 nitrogen and oxygen atoms in total. The zero-order valence-electron chi connectivity index (χ0n) is 25.6. The molecule has 0 saturated heterocycles. The Morgan fingerprint density at radius 1 is 0.388 bits per heavy atom. The van der Waals surface area contributed by atoms with Gasteiger partial charge in [-0.15, -0.1) is 0 Å². The first-order valence-corrected chi connectivity index (χ1v) is 15.6. The molecule has 0 saturated carbocycles. The third-order valence-electron chi connectivity index (χ3n) is 9.81. The van der Waals surface area contributed by atoms with Crippen LogP contribution in [0.4, 0.5) is 11.4 Å². The third kappa shape index (κ3) is 3.79. The molecule has 0 unspecified atom stereocenters. The molecule has 0 radical (unpaired) electrons. The van der Waals surface area contributed by atoms with E-state index in [1.165, 1.54) is 36.4 Å². The number of anilines is 2. The number of amides is 4. The van der Waals surface area contributed by atoms with Crippen LogP contribution in [0.2, 0.25) is 0 Å². The second-order valence-electron chi connectivity index (χ2n) is 12.3. The van der Waals surface area contributed by atoms with E-state index in [1.54, 1.807) is 24.3 Å². The number of imide groups is 2. The monoisotopic (exact) mass is 640 g/mol. The molecule has 2 N–H and O–H groups in total. The van der Waals surface area contributed by atoms with E-state index in [2.05, 4.69) is 24.3 Å². The van der Waals surface area contributed by atoms with Crippen molar-refractivity contribution in [2.24, 2.45) is 0 Å². The van der Waals surface area contributed by atoms with E-state index in [0.29, 0.717) is 11.4 Å². The maximum Gasteiger partial charge on any atom is 0.266 e. The van der Waals surface area contributed by atoms with Crippen molar-refractivity contribution in [2.75, 3.05) is 9.80 Å². The maximum absolute atomic E-state index is 13.3. The summed E-state index contributed by atoms with van der Waals surface area (Å²) in [6, 6.07) is 39.3. The smallest absolute Gasteiger partial charge is 0.266 e. The van der Waals surface area contributed by atoms with Gasteiger partial charge in [0.2, 0.25) is 0 Å². The van der Waals surface area contributed by atoms with E-state index in [-0.39, 0.29) is 33.8 Å². The first kappa shape index (κ1) is 28.4. The lowest BCUT2D eigenvalue weighted by Crippen LogP contribution is -2.31. The van der Waals surface area contributed by atoms with Gasteiger partial charge in [0.25, 0.3) is 23.6 Å². The number of fused-ring (bicyclic) bond motifs is 5. The van der Waals surface area contributed by atoms with Gasteiger partial charge in [0.15, 0.2) is 0 Å². The van der Waals surface area contributed by atoms with Gasteiger partial charge >= 0.3 is 0 Å². The van der Waals surface area contributed by atoms with Crippen LogP contribution >= 0.6 is 0 Å². The number of aromatic hydroxyl groups is 2. The first-order chi connectivity index (χ1) is 23.8. The minimum Gasteiger partial charge on any atom is -0.508 e. The molecule has 234 valence electrons. The Balaban J connectivity index is 1.18. The largest absolute Gasteiger partial charge is 0.508 e. The number of hydrogen-bond acceptors (Lipinski definition) is 6. The molecule has 6 aromatic carbocycles. The number of hydrogen-bond donors (Lipinski definition) is 2. The Morgan fingerprint density at radius 3 is 1.16 bits per heavy atom. The molecule has 1 aliphatic carbocycles. The van der Waals surface area contributed by atoms with E-state index in [0.717, 1.165) is 43.2 Å². The minimum atomic E-state index is -0.828. The van der Waals surface area contributed by atoms with Crippen molar-refractivity contribution in [1.82, 2.24) is 0 Å². The standard InChI is InChI=1S/C41H24N2O6/c44-27-17-19-31-33(21-27)39(48)42(37(31)46)25-13-9-23(10-14-25)41(35-7-3-1-5-29(35)30-6-2-4-8-36(30)41)24-11-15-26(16-12-24)43-38(47)32-20-18-28(45)22-34(32)40(43)49/h1-22,44-45H. The van der Waals surface area contributed by atoms with Gasteiger partial charge in [0, 0.05) is 0 Å². The zero-order valence-corrected chi connectivity index (χ0v) is 25.6. The van der Waals surface area contributed by atoms with Crippen LogP contribution in [-0.2, 0) is 5.41 Å². The van der Waals surface area contributed by atoms with Crippen molar-refractivity contribution < 1.29 is 29.4 Å². The van der Waals surface area contributed by atoms with Crippen molar-refractivity contribution in [3.63, 3.8) is 0 Å². The molecule has 3 aliphatic rings. The highest BCUT2D eigenvalue weighted by atomic mass is 16.3. The van der Waals surface area contributed by atoms with Gasteiger partial charge in [-0.05, 0) is 94.0 Å². The number of carbonyl (C=O) groups is 4. The van der Waals surface area contributed by atoms with Crippen molar-refractivity contribution in [2.45, 2.75) is 5.41 Å². The predicted molar refractivity (Wildman–Crippen MR) is 182 cm³/mol. The molecule has 9 rings (SSSR count). The summed E-state index contributed by atoms with van der Waals surface area (Å²) >= 11 is 0. The van der Waals surface area contributed by atoms with Crippen LogP contribution < -0.4 is 9.80 Å². The number of carbonyl (C=O) groups excluding carboxylic acids is 4. The molecule has 2 aliphatic heterocycles. The van der Waals surface area contributed by atoms with Crippen molar-refractivity contribution in [3.05, 3.63) is 178 Å². The lowest BCUT2D eigenvalue weighted by Gasteiger charge is -2.34. The fourth-order valence-corrected chi connectivity index (χ4v) is 7.67. The Morgan fingerprint density at radius 2 is 0.755 bits per heavy atom. The van der Waals surface area contributed by atoms with Crippen molar-refractivity contribution in [3.8, 4) is 22.6 Å². The number of benzene rings is 6. The second kappa shape index (κ2) is 10.1. The zero-order chi connectivity index (χ0) is 33.6. The number of phenolic OH excluding ortho intramolecular Hbond substituents is 2. The van der Waals surface area contributed by atoms with E-state index in [9.17, 15) is 29.4 Å². The summed E-state index contributed by atoms with van der Waals surface area (Å²) in [5.74, 6) is -2.12. The molecule has 2 heterocycles. The van der Waals surface area contributed by atoms with E-state index in [1.807, 2.05) is 48.5 Å². The van der Waals surface area contributed by atoms with Gasteiger partial charge in [0.1, 0.15) is 11.5 Å². The second-order valence-corrected chi connectivity index (χ2v) is 12.3. The van der Waals surface area contributed by atoms with Gasteiger partial charge in [-0.1, -0.05) is 72.8 Å². The number of phenols is 2. The Hall–Kier alpha value is -6.80. The molecular weight excluding hydrogens is 616 g/mol. The topological polar surface area (TPSA) is 115 Å². The Labute approximate surface area is 279 Å². The summed E-state index contributed by atoms with van der Waals surface area (Å²) < 4.78 is 0. The molecule has 0 fully saturated rings. The van der Waals surface area contributed by atoms with E-state index >= 15 is 0 Å². The lowest BCUT2D eigenvalue weighted by atomic mass is 9.67. The predicted octanol–water partition coefficient (Wildman–Crippen LogP) is 7.06. The van der Waals surface area contributed by atoms with Gasteiger partial charge in [-0.25, -0.2) is 9.80 Å². The Bertz CT molecular complexity index is 2280. The first-order valence-electron chi connectivity index (χ1n) is 15.6.